The van der Waals surface area contributed by atoms with Crippen LogP contribution < -0.4 is 4.74 Å². The summed E-state index contributed by atoms with van der Waals surface area (Å²) in [6.07, 6.45) is 4.54. The molecule has 1 amide bonds. The molecule has 2 aromatic carbocycles. The van der Waals surface area contributed by atoms with Crippen molar-refractivity contribution in [3.8, 4) is 5.75 Å². The minimum atomic E-state index is -0.386. The molecule has 2 aliphatic rings. The molecule has 5 rings (SSSR count). The molecule has 2 aliphatic heterocycles. The molecule has 1 spiro atoms. The standard InChI is InChI=1S/C27H29N3O2/c31-26(24-12-6-7-16-28-24)30-20-23-11-4-5-13-25(23)32-27(21-30)14-8-17-29(18-15-27)19-22-9-2-1-3-10-22/h1-7,9-13,16H,8,14-15,17-21H2. The van der Waals surface area contributed by atoms with Gasteiger partial charge >= 0.3 is 0 Å². The van der Waals surface area contributed by atoms with Gasteiger partial charge in [0.1, 0.15) is 17.0 Å². The lowest BCUT2D eigenvalue weighted by molar-refractivity contribution is 0.0212. The van der Waals surface area contributed by atoms with Crippen LogP contribution in [0.4, 0.5) is 0 Å². The number of likely N-dealkylation sites (tertiary alicyclic amines) is 1. The first-order valence-corrected chi connectivity index (χ1v) is 11.4. The van der Waals surface area contributed by atoms with Crippen molar-refractivity contribution in [2.75, 3.05) is 19.6 Å². The van der Waals surface area contributed by atoms with Gasteiger partial charge in [-0.3, -0.25) is 14.7 Å². The Morgan fingerprint density at radius 1 is 0.938 bits per heavy atom. The molecule has 1 atom stereocenters. The minimum absolute atomic E-state index is 0.0318. The van der Waals surface area contributed by atoms with Gasteiger partial charge in [0, 0.05) is 37.8 Å². The van der Waals surface area contributed by atoms with E-state index in [4.69, 9.17) is 4.74 Å². The molecule has 3 heterocycles. The molecule has 5 heteroatoms. The fourth-order valence-electron chi connectivity index (χ4n) is 4.89. The minimum Gasteiger partial charge on any atom is -0.485 e. The molecule has 0 bridgehead atoms. The summed E-state index contributed by atoms with van der Waals surface area (Å²) >= 11 is 0. The van der Waals surface area contributed by atoms with Crippen LogP contribution in [-0.2, 0) is 13.1 Å². The Kier molecular flexibility index (Phi) is 5.91. The van der Waals surface area contributed by atoms with Gasteiger partial charge in [-0.05, 0) is 43.1 Å². The third kappa shape index (κ3) is 4.53. The first-order chi connectivity index (χ1) is 15.7. The predicted molar refractivity (Wildman–Crippen MR) is 124 cm³/mol. The van der Waals surface area contributed by atoms with Crippen molar-refractivity contribution in [2.45, 2.75) is 38.0 Å². The number of amides is 1. The Morgan fingerprint density at radius 2 is 1.75 bits per heavy atom. The first kappa shape index (κ1) is 20.7. The predicted octanol–water partition coefficient (Wildman–Crippen LogP) is 4.54. The number of benzene rings is 2. The maximum Gasteiger partial charge on any atom is 0.272 e. The van der Waals surface area contributed by atoms with E-state index >= 15 is 0 Å². The summed E-state index contributed by atoms with van der Waals surface area (Å²) in [6, 6.07) is 24.3. The quantitative estimate of drug-likeness (QED) is 0.616. The second-order valence-corrected chi connectivity index (χ2v) is 8.88. The Morgan fingerprint density at radius 3 is 2.59 bits per heavy atom. The lowest BCUT2D eigenvalue weighted by atomic mass is 9.93. The van der Waals surface area contributed by atoms with Crippen molar-refractivity contribution in [1.82, 2.24) is 14.8 Å². The molecule has 1 aromatic heterocycles. The molecule has 0 aliphatic carbocycles. The number of hydrogen-bond donors (Lipinski definition) is 0. The molecular weight excluding hydrogens is 398 g/mol. The second kappa shape index (κ2) is 9.13. The number of ether oxygens (including phenoxy) is 1. The van der Waals surface area contributed by atoms with E-state index in [9.17, 15) is 4.79 Å². The largest absolute Gasteiger partial charge is 0.485 e. The number of carbonyl (C=O) groups is 1. The van der Waals surface area contributed by atoms with Crippen LogP contribution in [-0.4, -0.2) is 45.9 Å². The van der Waals surface area contributed by atoms with Gasteiger partial charge in [0.05, 0.1) is 6.54 Å². The smallest absolute Gasteiger partial charge is 0.272 e. The third-order valence-corrected chi connectivity index (χ3v) is 6.55. The fourth-order valence-corrected chi connectivity index (χ4v) is 4.89. The molecular formula is C27H29N3O2. The summed E-state index contributed by atoms with van der Waals surface area (Å²) in [5.74, 6) is 0.871. The maximum atomic E-state index is 13.4. The average molecular weight is 428 g/mol. The number of carbonyl (C=O) groups excluding carboxylic acids is 1. The van der Waals surface area contributed by atoms with Gasteiger partial charge < -0.3 is 9.64 Å². The Labute approximate surface area is 189 Å². The van der Waals surface area contributed by atoms with Crippen LogP contribution in [0.2, 0.25) is 0 Å². The molecule has 0 saturated carbocycles. The molecule has 1 saturated heterocycles. The number of aromatic nitrogens is 1. The van der Waals surface area contributed by atoms with Crippen LogP contribution in [0.25, 0.3) is 0 Å². The average Bonchev–Trinajstić information content (AvgIpc) is 3.13. The normalized spacial score (nSPS) is 21.3. The van der Waals surface area contributed by atoms with E-state index in [2.05, 4.69) is 46.3 Å². The summed E-state index contributed by atoms with van der Waals surface area (Å²) in [4.78, 5) is 22.1. The maximum absolute atomic E-state index is 13.4. The summed E-state index contributed by atoms with van der Waals surface area (Å²) < 4.78 is 6.74. The van der Waals surface area contributed by atoms with Crippen LogP contribution in [0, 0.1) is 0 Å². The zero-order valence-corrected chi connectivity index (χ0v) is 18.3. The van der Waals surface area contributed by atoms with Crippen molar-refractivity contribution < 1.29 is 9.53 Å². The van der Waals surface area contributed by atoms with E-state index in [0.29, 0.717) is 18.8 Å². The number of hydrogen-bond acceptors (Lipinski definition) is 4. The summed E-state index contributed by atoms with van der Waals surface area (Å²) in [6.45, 7) is 4.06. The van der Waals surface area contributed by atoms with Gasteiger partial charge in [-0.25, -0.2) is 0 Å². The van der Waals surface area contributed by atoms with Gasteiger partial charge in [-0.15, -0.1) is 0 Å². The Bertz CT molecular complexity index is 1060. The van der Waals surface area contributed by atoms with Crippen LogP contribution in [0.1, 0.15) is 40.9 Å². The fraction of sp³-hybridized carbons (Fsp3) is 0.333. The topological polar surface area (TPSA) is 45.7 Å². The molecule has 0 N–H and O–H groups in total. The van der Waals surface area contributed by atoms with E-state index in [1.165, 1.54) is 5.56 Å². The van der Waals surface area contributed by atoms with Crippen molar-refractivity contribution >= 4 is 5.91 Å². The molecule has 1 fully saturated rings. The van der Waals surface area contributed by atoms with Crippen molar-refractivity contribution in [1.29, 1.82) is 0 Å². The van der Waals surface area contributed by atoms with Gasteiger partial charge in [0.25, 0.3) is 5.91 Å². The number of rotatable bonds is 3. The number of para-hydroxylation sites is 1. The van der Waals surface area contributed by atoms with Gasteiger partial charge in [-0.1, -0.05) is 54.6 Å². The van der Waals surface area contributed by atoms with Crippen LogP contribution in [0.15, 0.2) is 79.0 Å². The van der Waals surface area contributed by atoms with E-state index in [1.807, 2.05) is 35.2 Å². The molecule has 32 heavy (non-hydrogen) atoms. The highest BCUT2D eigenvalue weighted by atomic mass is 16.5. The third-order valence-electron chi connectivity index (χ3n) is 6.55. The van der Waals surface area contributed by atoms with Gasteiger partial charge in [-0.2, -0.15) is 0 Å². The lowest BCUT2D eigenvalue weighted by Gasteiger charge is -2.35. The van der Waals surface area contributed by atoms with E-state index < -0.39 is 0 Å². The Hall–Kier alpha value is -3.18. The molecule has 5 nitrogen and oxygen atoms in total. The highest BCUT2D eigenvalue weighted by Crippen LogP contribution is 2.36. The van der Waals surface area contributed by atoms with Crippen LogP contribution in [0.5, 0.6) is 5.75 Å². The van der Waals surface area contributed by atoms with Crippen LogP contribution in [0.3, 0.4) is 0 Å². The second-order valence-electron chi connectivity index (χ2n) is 8.88. The summed E-state index contributed by atoms with van der Waals surface area (Å²) in [5, 5.41) is 0. The zero-order valence-electron chi connectivity index (χ0n) is 18.3. The zero-order chi connectivity index (χ0) is 21.8. The van der Waals surface area contributed by atoms with Crippen LogP contribution >= 0.6 is 0 Å². The molecule has 3 aromatic rings. The van der Waals surface area contributed by atoms with Gasteiger partial charge in [0.15, 0.2) is 0 Å². The van der Waals surface area contributed by atoms with Gasteiger partial charge in [0.2, 0.25) is 0 Å². The first-order valence-electron chi connectivity index (χ1n) is 11.4. The van der Waals surface area contributed by atoms with Crippen molar-refractivity contribution in [3.05, 3.63) is 95.8 Å². The number of fused-ring (bicyclic) bond motifs is 1. The number of nitrogens with zero attached hydrogens (tertiary/aromatic N) is 3. The van der Waals surface area contributed by atoms with E-state index in [-0.39, 0.29) is 11.5 Å². The monoisotopic (exact) mass is 427 g/mol. The lowest BCUT2D eigenvalue weighted by Crippen LogP contribution is -2.48. The highest BCUT2D eigenvalue weighted by Gasteiger charge is 2.40. The van der Waals surface area contributed by atoms with E-state index in [1.54, 1.807) is 12.3 Å². The molecule has 1 unspecified atom stereocenters. The summed E-state index contributed by atoms with van der Waals surface area (Å²) in [7, 11) is 0. The van der Waals surface area contributed by atoms with Crippen molar-refractivity contribution in [3.63, 3.8) is 0 Å². The summed E-state index contributed by atoms with van der Waals surface area (Å²) in [5.41, 5.74) is 2.49. The van der Waals surface area contributed by atoms with Crippen molar-refractivity contribution in [2.24, 2.45) is 0 Å². The Balaban J connectivity index is 1.40. The van der Waals surface area contributed by atoms with E-state index in [0.717, 1.165) is 50.2 Å². The SMILES string of the molecule is O=C(c1ccccn1)N1Cc2ccccc2OC2(CCCN(Cc3ccccc3)CC2)C1. The highest BCUT2D eigenvalue weighted by molar-refractivity contribution is 5.92. The molecule has 0 radical (unpaired) electrons. The molecule has 164 valence electrons. The number of pyridine rings is 1.